The van der Waals surface area contributed by atoms with Crippen molar-refractivity contribution >= 4 is 46.4 Å². The molecule has 0 fully saturated rings. The van der Waals surface area contributed by atoms with Gasteiger partial charge in [0.05, 0.1) is 14.9 Å². The van der Waals surface area contributed by atoms with Crippen LogP contribution in [0.15, 0.2) is 16.5 Å². The van der Waals surface area contributed by atoms with Crippen LogP contribution in [0, 0.1) is 6.92 Å². The van der Waals surface area contributed by atoms with E-state index in [1.807, 2.05) is 0 Å². The number of nitrogens with one attached hydrogen (secondary N) is 1. The molecule has 0 spiro atoms. The molecule has 102 valence electrons. The fourth-order valence-electron chi connectivity index (χ4n) is 1.40. The zero-order chi connectivity index (χ0) is 14.1. The summed E-state index contributed by atoms with van der Waals surface area (Å²) in [4.78, 5) is 13.1. The van der Waals surface area contributed by atoms with Crippen molar-refractivity contribution in [2.24, 2.45) is 0 Å². The standard InChI is InChI=1S/C10H6ClN5O2S2/c1-4-7(20-16-13-4)8(17)12-10-15-14-9(18-10)5-2-3-6(11)19-5/h2-3H,1H3,(H,12,15,17). The van der Waals surface area contributed by atoms with Crippen LogP contribution in [0.2, 0.25) is 4.34 Å². The van der Waals surface area contributed by atoms with Gasteiger partial charge in [-0.3, -0.25) is 10.1 Å². The van der Waals surface area contributed by atoms with Crippen LogP contribution in [0.25, 0.3) is 10.8 Å². The summed E-state index contributed by atoms with van der Waals surface area (Å²) in [5, 5.41) is 13.9. The van der Waals surface area contributed by atoms with Crippen LogP contribution < -0.4 is 5.32 Å². The van der Waals surface area contributed by atoms with E-state index in [4.69, 9.17) is 16.0 Å². The SMILES string of the molecule is Cc1nnsc1C(=O)Nc1nnc(-c2ccc(Cl)s2)o1. The lowest BCUT2D eigenvalue weighted by molar-refractivity contribution is 0.102. The largest absolute Gasteiger partial charge is 0.402 e. The van der Waals surface area contributed by atoms with Gasteiger partial charge in [-0.15, -0.1) is 21.5 Å². The monoisotopic (exact) mass is 327 g/mol. The Morgan fingerprint density at radius 2 is 2.20 bits per heavy atom. The van der Waals surface area contributed by atoms with E-state index < -0.39 is 0 Å². The highest BCUT2D eigenvalue weighted by atomic mass is 35.5. The predicted octanol–water partition coefficient (Wildman–Crippen LogP) is 2.86. The Kier molecular flexibility index (Phi) is 3.47. The van der Waals surface area contributed by atoms with Gasteiger partial charge in [0.1, 0.15) is 4.88 Å². The molecule has 3 aromatic rings. The van der Waals surface area contributed by atoms with E-state index in [-0.39, 0.29) is 11.9 Å². The van der Waals surface area contributed by atoms with Crippen molar-refractivity contribution in [2.45, 2.75) is 6.92 Å². The zero-order valence-corrected chi connectivity index (χ0v) is 12.3. The number of carbonyl (C=O) groups excluding carboxylic acids is 1. The Morgan fingerprint density at radius 3 is 2.85 bits per heavy atom. The summed E-state index contributed by atoms with van der Waals surface area (Å²) in [6.45, 7) is 1.70. The van der Waals surface area contributed by atoms with Crippen LogP contribution >= 0.6 is 34.5 Å². The molecule has 1 amide bonds. The van der Waals surface area contributed by atoms with Crippen LogP contribution in [0.4, 0.5) is 6.01 Å². The van der Waals surface area contributed by atoms with E-state index in [9.17, 15) is 4.79 Å². The maximum Gasteiger partial charge on any atom is 0.322 e. The molecule has 0 atom stereocenters. The van der Waals surface area contributed by atoms with E-state index >= 15 is 0 Å². The first-order chi connectivity index (χ1) is 9.63. The van der Waals surface area contributed by atoms with E-state index in [1.54, 1.807) is 19.1 Å². The van der Waals surface area contributed by atoms with Crippen molar-refractivity contribution in [1.82, 2.24) is 19.8 Å². The maximum atomic E-state index is 11.9. The molecule has 7 nitrogen and oxygen atoms in total. The lowest BCUT2D eigenvalue weighted by atomic mass is 10.4. The van der Waals surface area contributed by atoms with Crippen LogP contribution in [-0.2, 0) is 0 Å². The van der Waals surface area contributed by atoms with Gasteiger partial charge in [-0.05, 0) is 30.6 Å². The number of hydrogen-bond acceptors (Lipinski definition) is 8. The van der Waals surface area contributed by atoms with E-state index in [1.165, 1.54) is 11.3 Å². The second-order valence-corrected chi connectivity index (χ2v) is 6.13. The van der Waals surface area contributed by atoms with E-state index in [2.05, 4.69) is 25.1 Å². The van der Waals surface area contributed by atoms with Gasteiger partial charge in [0.15, 0.2) is 0 Å². The van der Waals surface area contributed by atoms with Gasteiger partial charge in [0.2, 0.25) is 0 Å². The molecule has 3 rings (SSSR count). The van der Waals surface area contributed by atoms with E-state index in [0.29, 0.717) is 20.8 Å². The molecule has 0 aliphatic rings. The summed E-state index contributed by atoms with van der Waals surface area (Å²) < 4.78 is 9.66. The topological polar surface area (TPSA) is 93.8 Å². The van der Waals surface area contributed by atoms with Crippen molar-refractivity contribution in [3.63, 3.8) is 0 Å². The highest BCUT2D eigenvalue weighted by molar-refractivity contribution is 7.19. The third kappa shape index (κ3) is 2.55. The summed E-state index contributed by atoms with van der Waals surface area (Å²) >= 11 is 8.15. The Labute approximate surface area is 125 Å². The minimum absolute atomic E-state index is 0.0160. The summed E-state index contributed by atoms with van der Waals surface area (Å²) in [6, 6.07) is 3.52. The number of amides is 1. The number of nitrogens with zero attached hydrogens (tertiary/aromatic N) is 4. The second kappa shape index (κ2) is 5.27. The number of anilines is 1. The van der Waals surface area contributed by atoms with E-state index in [0.717, 1.165) is 16.4 Å². The molecule has 0 saturated carbocycles. The third-order valence-corrected chi connectivity index (χ3v) is 4.33. The molecule has 3 aromatic heterocycles. The lowest BCUT2D eigenvalue weighted by Crippen LogP contribution is -2.11. The average Bonchev–Trinajstić information content (AvgIpc) is 3.10. The van der Waals surface area contributed by atoms with Crippen molar-refractivity contribution in [3.8, 4) is 10.8 Å². The van der Waals surface area contributed by atoms with Gasteiger partial charge >= 0.3 is 6.01 Å². The van der Waals surface area contributed by atoms with Crippen LogP contribution in [0.3, 0.4) is 0 Å². The zero-order valence-electron chi connectivity index (χ0n) is 9.95. The summed E-state index contributed by atoms with van der Waals surface area (Å²) in [5.41, 5.74) is 0.553. The summed E-state index contributed by atoms with van der Waals surface area (Å²) in [7, 11) is 0. The molecule has 0 saturated heterocycles. The number of aryl methyl sites for hydroxylation is 1. The molecule has 0 aromatic carbocycles. The van der Waals surface area contributed by atoms with Crippen LogP contribution in [-0.4, -0.2) is 25.7 Å². The fourth-order valence-corrected chi connectivity index (χ4v) is 2.91. The third-order valence-electron chi connectivity index (χ3n) is 2.29. The van der Waals surface area contributed by atoms with Gasteiger partial charge in [0.25, 0.3) is 11.8 Å². The smallest absolute Gasteiger partial charge is 0.322 e. The molecular formula is C10H6ClN5O2S2. The summed E-state index contributed by atoms with van der Waals surface area (Å²) in [6.07, 6.45) is 0. The van der Waals surface area contributed by atoms with Crippen molar-refractivity contribution in [1.29, 1.82) is 0 Å². The van der Waals surface area contributed by atoms with Crippen molar-refractivity contribution in [3.05, 3.63) is 27.0 Å². The maximum absolute atomic E-state index is 11.9. The second-order valence-electron chi connectivity index (χ2n) is 3.66. The Morgan fingerprint density at radius 1 is 1.35 bits per heavy atom. The van der Waals surface area contributed by atoms with Crippen molar-refractivity contribution in [2.75, 3.05) is 5.32 Å². The Bertz CT molecular complexity index is 765. The summed E-state index contributed by atoms with van der Waals surface area (Å²) in [5.74, 6) is -0.0757. The molecule has 10 heteroatoms. The molecule has 0 aliphatic carbocycles. The molecule has 3 heterocycles. The lowest BCUT2D eigenvalue weighted by Gasteiger charge is -1.96. The van der Waals surface area contributed by atoms with Crippen molar-refractivity contribution < 1.29 is 9.21 Å². The fraction of sp³-hybridized carbons (Fsp3) is 0.100. The number of rotatable bonds is 3. The first-order valence-electron chi connectivity index (χ1n) is 5.33. The molecular weight excluding hydrogens is 322 g/mol. The number of thiophene rings is 1. The molecule has 0 bridgehead atoms. The van der Waals surface area contributed by atoms with Gasteiger partial charge in [-0.2, -0.15) is 0 Å². The minimum Gasteiger partial charge on any atom is -0.402 e. The molecule has 0 unspecified atom stereocenters. The van der Waals surface area contributed by atoms with Crippen LogP contribution in [0.1, 0.15) is 15.4 Å². The predicted molar refractivity (Wildman–Crippen MR) is 75.2 cm³/mol. The van der Waals surface area contributed by atoms with Crippen LogP contribution in [0.5, 0.6) is 0 Å². The average molecular weight is 328 g/mol. The number of carbonyl (C=O) groups is 1. The van der Waals surface area contributed by atoms with Gasteiger partial charge in [0, 0.05) is 0 Å². The Balaban J connectivity index is 1.78. The van der Waals surface area contributed by atoms with Gasteiger partial charge in [-0.25, -0.2) is 0 Å². The molecule has 1 N–H and O–H groups in total. The highest BCUT2D eigenvalue weighted by Crippen LogP contribution is 2.30. The minimum atomic E-state index is -0.378. The highest BCUT2D eigenvalue weighted by Gasteiger charge is 2.17. The first-order valence-corrected chi connectivity index (χ1v) is 7.30. The van der Waals surface area contributed by atoms with Gasteiger partial charge < -0.3 is 4.42 Å². The number of hydrogen-bond donors (Lipinski definition) is 1. The quantitative estimate of drug-likeness (QED) is 0.795. The van der Waals surface area contributed by atoms with Gasteiger partial charge in [-0.1, -0.05) is 21.2 Å². The number of halogens is 1. The molecule has 20 heavy (non-hydrogen) atoms. The normalized spacial score (nSPS) is 10.7. The Hall–Kier alpha value is -1.84. The first kappa shape index (κ1) is 13.2. The molecule has 0 aliphatic heterocycles. The number of aromatic nitrogens is 4. The molecule has 0 radical (unpaired) electrons.